The highest BCUT2D eigenvalue weighted by Crippen LogP contribution is 2.23. The van der Waals surface area contributed by atoms with Crippen molar-refractivity contribution in [2.45, 2.75) is 19.9 Å². The van der Waals surface area contributed by atoms with Crippen molar-refractivity contribution in [3.63, 3.8) is 0 Å². The van der Waals surface area contributed by atoms with Crippen LogP contribution in [0, 0.1) is 4.77 Å². The van der Waals surface area contributed by atoms with Gasteiger partial charge in [0.15, 0.2) is 10.6 Å². The van der Waals surface area contributed by atoms with Gasteiger partial charge in [-0.15, -0.1) is 11.3 Å². The molecule has 2 amide bonds. The molecule has 2 aromatic heterocycles. The van der Waals surface area contributed by atoms with E-state index in [0.717, 1.165) is 4.88 Å². The van der Waals surface area contributed by atoms with Gasteiger partial charge in [0.2, 0.25) is 11.8 Å². The van der Waals surface area contributed by atoms with E-state index in [9.17, 15) is 9.59 Å². The molecule has 9 heteroatoms. The van der Waals surface area contributed by atoms with E-state index in [0.29, 0.717) is 28.4 Å². The van der Waals surface area contributed by atoms with Crippen LogP contribution in [0.1, 0.15) is 13.3 Å². The number of aromatic amines is 1. The van der Waals surface area contributed by atoms with E-state index in [1.807, 2.05) is 17.5 Å². The van der Waals surface area contributed by atoms with Crippen LogP contribution >= 0.6 is 23.6 Å². The molecule has 0 spiro atoms. The van der Waals surface area contributed by atoms with E-state index in [-0.39, 0.29) is 18.4 Å². The van der Waals surface area contributed by atoms with Gasteiger partial charge in [-0.2, -0.15) is 5.10 Å². The first-order valence-corrected chi connectivity index (χ1v) is 9.24. The van der Waals surface area contributed by atoms with Crippen LogP contribution in [0.25, 0.3) is 10.7 Å². The number of thiophene rings is 1. The second kappa shape index (κ2) is 8.07. The van der Waals surface area contributed by atoms with Crippen LogP contribution in [-0.2, 0) is 16.1 Å². The molecule has 3 rings (SSSR count). The second-order valence-corrected chi connectivity index (χ2v) is 6.78. The summed E-state index contributed by atoms with van der Waals surface area (Å²) in [6.45, 7) is 1.81. The Kier molecular flexibility index (Phi) is 5.59. The second-order valence-electron chi connectivity index (χ2n) is 5.45. The molecule has 134 valence electrons. The number of anilines is 2. The summed E-state index contributed by atoms with van der Waals surface area (Å²) in [5.41, 5.74) is 1.23. The van der Waals surface area contributed by atoms with E-state index in [1.165, 1.54) is 11.3 Å². The van der Waals surface area contributed by atoms with Crippen molar-refractivity contribution in [2.24, 2.45) is 0 Å². The zero-order valence-electron chi connectivity index (χ0n) is 14.0. The molecule has 0 saturated carbocycles. The first-order chi connectivity index (χ1) is 12.6. The van der Waals surface area contributed by atoms with Gasteiger partial charge in [0.05, 0.1) is 4.88 Å². The van der Waals surface area contributed by atoms with E-state index >= 15 is 0 Å². The maximum Gasteiger partial charge on any atom is 0.244 e. The fourth-order valence-corrected chi connectivity index (χ4v) is 3.25. The van der Waals surface area contributed by atoms with Gasteiger partial charge in [-0.3, -0.25) is 19.3 Å². The van der Waals surface area contributed by atoms with Crippen molar-refractivity contribution in [3.8, 4) is 10.7 Å². The Morgan fingerprint density at radius 3 is 2.58 bits per heavy atom. The number of benzene rings is 1. The van der Waals surface area contributed by atoms with Crippen LogP contribution in [0.4, 0.5) is 11.4 Å². The molecule has 0 fully saturated rings. The Hall–Kier alpha value is -2.78. The number of hydrogen-bond donors (Lipinski definition) is 3. The van der Waals surface area contributed by atoms with Gasteiger partial charge in [0.25, 0.3) is 0 Å². The summed E-state index contributed by atoms with van der Waals surface area (Å²) >= 11 is 6.76. The fraction of sp³-hybridized carbons (Fsp3) is 0.176. The minimum atomic E-state index is -0.237. The molecular formula is C17H17N5O2S2. The highest BCUT2D eigenvalue weighted by Gasteiger charge is 2.13. The highest BCUT2D eigenvalue weighted by atomic mass is 32.1. The van der Waals surface area contributed by atoms with Crippen LogP contribution in [0.3, 0.4) is 0 Å². The number of carbonyl (C=O) groups excluding carboxylic acids is 2. The third-order valence-electron chi connectivity index (χ3n) is 3.55. The Morgan fingerprint density at radius 1 is 1.19 bits per heavy atom. The highest BCUT2D eigenvalue weighted by molar-refractivity contribution is 7.71. The van der Waals surface area contributed by atoms with E-state index in [1.54, 1.807) is 35.8 Å². The summed E-state index contributed by atoms with van der Waals surface area (Å²) in [7, 11) is 0. The summed E-state index contributed by atoms with van der Waals surface area (Å²) in [6.07, 6.45) is 0.390. The van der Waals surface area contributed by atoms with Crippen molar-refractivity contribution >= 4 is 46.7 Å². The van der Waals surface area contributed by atoms with Crippen molar-refractivity contribution in [3.05, 3.63) is 46.5 Å². The number of H-pyrrole nitrogens is 1. The molecule has 0 unspecified atom stereocenters. The molecule has 26 heavy (non-hydrogen) atoms. The Morgan fingerprint density at radius 2 is 1.92 bits per heavy atom. The van der Waals surface area contributed by atoms with Crippen molar-refractivity contribution < 1.29 is 9.59 Å². The number of nitrogens with one attached hydrogen (secondary N) is 3. The third-order valence-corrected chi connectivity index (χ3v) is 4.73. The Balaban J connectivity index is 1.72. The Labute approximate surface area is 159 Å². The quantitative estimate of drug-likeness (QED) is 0.563. The minimum Gasteiger partial charge on any atom is -0.326 e. The summed E-state index contributed by atoms with van der Waals surface area (Å²) in [6, 6.07) is 10.8. The zero-order valence-corrected chi connectivity index (χ0v) is 15.6. The molecule has 0 saturated heterocycles. The van der Waals surface area contributed by atoms with Crippen molar-refractivity contribution in [1.82, 2.24) is 14.8 Å². The molecule has 0 aliphatic carbocycles. The predicted molar refractivity (Wildman–Crippen MR) is 105 cm³/mol. The molecular weight excluding hydrogens is 370 g/mol. The SMILES string of the molecule is CCC(=O)Nc1cccc(NC(=O)Cn2c(-c3cccs3)n[nH]c2=S)c1. The monoisotopic (exact) mass is 387 g/mol. The predicted octanol–water partition coefficient (Wildman–Crippen LogP) is 3.66. The maximum atomic E-state index is 12.4. The molecule has 0 aliphatic rings. The number of hydrogen-bond acceptors (Lipinski definition) is 5. The van der Waals surface area contributed by atoms with Gasteiger partial charge in [-0.05, 0) is 41.9 Å². The first kappa shape index (κ1) is 18.0. The number of carbonyl (C=O) groups is 2. The smallest absolute Gasteiger partial charge is 0.244 e. The van der Waals surface area contributed by atoms with Gasteiger partial charge in [-0.25, -0.2) is 0 Å². The number of amides is 2. The van der Waals surface area contributed by atoms with Gasteiger partial charge >= 0.3 is 0 Å². The summed E-state index contributed by atoms with van der Waals surface area (Å²) in [5.74, 6) is 0.308. The standard InChI is InChI=1S/C17H17N5O2S2/c1-2-14(23)18-11-5-3-6-12(9-11)19-15(24)10-22-16(20-21-17(22)25)13-7-4-8-26-13/h3-9H,2,10H2,1H3,(H,18,23)(H,19,24)(H,21,25). The van der Waals surface area contributed by atoms with Gasteiger partial charge in [-0.1, -0.05) is 19.1 Å². The first-order valence-electron chi connectivity index (χ1n) is 7.95. The van der Waals surface area contributed by atoms with Crippen LogP contribution in [-0.4, -0.2) is 26.6 Å². The van der Waals surface area contributed by atoms with Gasteiger partial charge < -0.3 is 10.6 Å². The summed E-state index contributed by atoms with van der Waals surface area (Å²) < 4.78 is 2.03. The zero-order chi connectivity index (χ0) is 18.5. The number of nitrogens with zero attached hydrogens (tertiary/aromatic N) is 2. The van der Waals surface area contributed by atoms with Crippen LogP contribution < -0.4 is 10.6 Å². The molecule has 0 radical (unpaired) electrons. The molecule has 3 N–H and O–H groups in total. The molecule has 7 nitrogen and oxygen atoms in total. The van der Waals surface area contributed by atoms with Gasteiger partial charge in [0, 0.05) is 17.8 Å². The lowest BCUT2D eigenvalue weighted by molar-refractivity contribution is -0.117. The lowest BCUT2D eigenvalue weighted by atomic mass is 10.2. The van der Waals surface area contributed by atoms with Crippen molar-refractivity contribution in [2.75, 3.05) is 10.6 Å². The molecule has 0 bridgehead atoms. The third kappa shape index (κ3) is 4.24. The summed E-state index contributed by atoms with van der Waals surface area (Å²) in [5, 5.41) is 14.4. The average molecular weight is 387 g/mol. The molecule has 1 aromatic carbocycles. The number of aromatic nitrogens is 3. The minimum absolute atomic E-state index is 0.0358. The topological polar surface area (TPSA) is 91.8 Å². The number of rotatable bonds is 6. The van der Waals surface area contributed by atoms with Crippen LogP contribution in [0.15, 0.2) is 41.8 Å². The molecule has 0 aliphatic heterocycles. The fourth-order valence-electron chi connectivity index (χ4n) is 2.33. The molecule has 0 atom stereocenters. The van der Waals surface area contributed by atoms with E-state index < -0.39 is 0 Å². The van der Waals surface area contributed by atoms with E-state index in [4.69, 9.17) is 12.2 Å². The van der Waals surface area contributed by atoms with Crippen molar-refractivity contribution in [1.29, 1.82) is 0 Å². The van der Waals surface area contributed by atoms with Gasteiger partial charge in [0.1, 0.15) is 6.54 Å². The molecule has 2 heterocycles. The lowest BCUT2D eigenvalue weighted by Crippen LogP contribution is -2.19. The summed E-state index contributed by atoms with van der Waals surface area (Å²) in [4.78, 5) is 24.9. The van der Waals surface area contributed by atoms with Crippen LogP contribution in [0.5, 0.6) is 0 Å². The largest absolute Gasteiger partial charge is 0.326 e. The Bertz CT molecular complexity index is 975. The van der Waals surface area contributed by atoms with Crippen LogP contribution in [0.2, 0.25) is 0 Å². The molecule has 3 aromatic rings. The average Bonchev–Trinajstić information content (AvgIpc) is 3.26. The normalized spacial score (nSPS) is 10.5. The maximum absolute atomic E-state index is 12.4. The van der Waals surface area contributed by atoms with E-state index in [2.05, 4.69) is 20.8 Å². The lowest BCUT2D eigenvalue weighted by Gasteiger charge is -2.09.